The van der Waals surface area contributed by atoms with Crippen LogP contribution in [0.15, 0.2) is 0 Å². The lowest BCUT2D eigenvalue weighted by atomic mass is 9.82. The van der Waals surface area contributed by atoms with E-state index in [2.05, 4.69) is 17.1 Å². The first-order valence-electron chi connectivity index (χ1n) is 8.84. The van der Waals surface area contributed by atoms with Gasteiger partial charge in [0.05, 0.1) is 0 Å². The van der Waals surface area contributed by atoms with E-state index in [0.717, 1.165) is 23.9 Å². The molecule has 2 aliphatic carbocycles. The van der Waals surface area contributed by atoms with E-state index in [0.29, 0.717) is 0 Å². The van der Waals surface area contributed by atoms with Gasteiger partial charge < -0.3 is 5.32 Å². The first-order chi connectivity index (χ1) is 9.36. The van der Waals surface area contributed by atoms with Crippen molar-refractivity contribution in [1.29, 1.82) is 0 Å². The molecule has 0 aromatic carbocycles. The molecule has 1 N–H and O–H groups in total. The lowest BCUT2D eigenvalue weighted by Crippen LogP contribution is -2.45. The van der Waals surface area contributed by atoms with Gasteiger partial charge in [-0.1, -0.05) is 19.8 Å². The lowest BCUT2D eigenvalue weighted by Gasteiger charge is -2.39. The van der Waals surface area contributed by atoms with E-state index in [1.807, 2.05) is 0 Å². The quantitative estimate of drug-likeness (QED) is 0.791. The van der Waals surface area contributed by atoms with Crippen molar-refractivity contribution in [3.8, 4) is 0 Å². The number of hydrogen-bond acceptors (Lipinski definition) is 2. The van der Waals surface area contributed by atoms with Gasteiger partial charge >= 0.3 is 0 Å². The van der Waals surface area contributed by atoms with Crippen LogP contribution in [0.4, 0.5) is 0 Å². The lowest BCUT2D eigenvalue weighted by molar-refractivity contribution is 0.113. The van der Waals surface area contributed by atoms with Crippen molar-refractivity contribution in [2.45, 2.75) is 76.8 Å². The van der Waals surface area contributed by atoms with Crippen LogP contribution in [0.1, 0.15) is 64.7 Å². The molecule has 110 valence electrons. The van der Waals surface area contributed by atoms with E-state index in [1.165, 1.54) is 77.4 Å². The third kappa shape index (κ3) is 3.72. The Labute approximate surface area is 119 Å². The van der Waals surface area contributed by atoms with E-state index in [4.69, 9.17) is 0 Å². The standard InChI is InChI=1S/C17H32N2/c1-2-11-19(13-16-6-4-10-18-16)17-7-3-5-15(12-17)14-8-9-14/h14-18H,2-13H2,1H3. The van der Waals surface area contributed by atoms with Crippen LogP contribution in [-0.2, 0) is 0 Å². The minimum Gasteiger partial charge on any atom is -0.313 e. The summed E-state index contributed by atoms with van der Waals surface area (Å²) >= 11 is 0. The Morgan fingerprint density at radius 1 is 1.00 bits per heavy atom. The number of hydrogen-bond donors (Lipinski definition) is 1. The van der Waals surface area contributed by atoms with E-state index in [1.54, 1.807) is 0 Å². The van der Waals surface area contributed by atoms with Gasteiger partial charge in [0.25, 0.3) is 0 Å². The molecule has 0 radical (unpaired) electrons. The first-order valence-corrected chi connectivity index (χ1v) is 8.84. The van der Waals surface area contributed by atoms with Crippen molar-refractivity contribution in [3.63, 3.8) is 0 Å². The summed E-state index contributed by atoms with van der Waals surface area (Å²) in [6.07, 6.45) is 13.2. The highest BCUT2D eigenvalue weighted by Gasteiger charge is 2.36. The molecule has 1 saturated heterocycles. The zero-order valence-electron chi connectivity index (χ0n) is 12.7. The van der Waals surface area contributed by atoms with Gasteiger partial charge in [-0.25, -0.2) is 0 Å². The molecule has 0 aromatic heterocycles. The average molecular weight is 264 g/mol. The molecule has 2 nitrogen and oxygen atoms in total. The second-order valence-electron chi connectivity index (χ2n) is 7.21. The topological polar surface area (TPSA) is 15.3 Å². The fourth-order valence-electron chi connectivity index (χ4n) is 4.43. The summed E-state index contributed by atoms with van der Waals surface area (Å²) in [6.45, 7) is 6.23. The zero-order valence-corrected chi connectivity index (χ0v) is 12.7. The van der Waals surface area contributed by atoms with Crippen LogP contribution in [0.25, 0.3) is 0 Å². The molecule has 3 unspecified atom stereocenters. The normalized spacial score (nSPS) is 36.0. The summed E-state index contributed by atoms with van der Waals surface area (Å²) in [5.41, 5.74) is 0. The van der Waals surface area contributed by atoms with E-state index < -0.39 is 0 Å². The molecule has 3 rings (SSSR count). The zero-order chi connectivity index (χ0) is 13.1. The molecule has 3 aliphatic rings. The van der Waals surface area contributed by atoms with Gasteiger partial charge in [0.15, 0.2) is 0 Å². The summed E-state index contributed by atoms with van der Waals surface area (Å²) in [4.78, 5) is 2.84. The van der Waals surface area contributed by atoms with Gasteiger partial charge in [0.2, 0.25) is 0 Å². The number of nitrogens with one attached hydrogen (secondary N) is 1. The largest absolute Gasteiger partial charge is 0.313 e. The van der Waals surface area contributed by atoms with Crippen molar-refractivity contribution < 1.29 is 0 Å². The minimum absolute atomic E-state index is 0.785. The molecule has 2 heteroatoms. The predicted octanol–water partition coefficient (Wildman–Crippen LogP) is 3.42. The van der Waals surface area contributed by atoms with E-state index in [-0.39, 0.29) is 0 Å². The highest BCUT2D eigenvalue weighted by Crippen LogP contribution is 2.44. The Kier molecular flexibility index (Phi) is 4.81. The van der Waals surface area contributed by atoms with Crippen LogP contribution in [0.5, 0.6) is 0 Å². The Bertz CT molecular complexity index is 268. The van der Waals surface area contributed by atoms with Crippen LogP contribution in [0.2, 0.25) is 0 Å². The molecule has 1 aliphatic heterocycles. The molecule has 0 amide bonds. The number of nitrogens with zero attached hydrogens (tertiary/aromatic N) is 1. The Morgan fingerprint density at radius 3 is 2.58 bits per heavy atom. The fraction of sp³-hybridized carbons (Fsp3) is 1.00. The highest BCUT2D eigenvalue weighted by atomic mass is 15.2. The maximum absolute atomic E-state index is 3.69. The van der Waals surface area contributed by atoms with Gasteiger partial charge in [0, 0.05) is 18.6 Å². The fourth-order valence-corrected chi connectivity index (χ4v) is 4.43. The van der Waals surface area contributed by atoms with Gasteiger partial charge in [0.1, 0.15) is 0 Å². The molecule has 3 fully saturated rings. The molecular weight excluding hydrogens is 232 g/mol. The van der Waals surface area contributed by atoms with Gasteiger partial charge in [-0.3, -0.25) is 4.90 Å². The second-order valence-corrected chi connectivity index (χ2v) is 7.21. The third-order valence-electron chi connectivity index (χ3n) is 5.62. The summed E-state index contributed by atoms with van der Waals surface area (Å²) in [6, 6.07) is 1.69. The summed E-state index contributed by atoms with van der Waals surface area (Å²) in [5, 5.41) is 3.69. The van der Waals surface area contributed by atoms with Crippen molar-refractivity contribution in [2.24, 2.45) is 11.8 Å². The maximum atomic E-state index is 3.69. The molecule has 1 heterocycles. The monoisotopic (exact) mass is 264 g/mol. The average Bonchev–Trinajstić information content (AvgIpc) is 3.17. The van der Waals surface area contributed by atoms with Crippen LogP contribution in [0.3, 0.4) is 0 Å². The molecule has 0 bridgehead atoms. The number of rotatable bonds is 6. The van der Waals surface area contributed by atoms with Gasteiger partial charge in [-0.2, -0.15) is 0 Å². The Hall–Kier alpha value is -0.0800. The minimum atomic E-state index is 0.785. The van der Waals surface area contributed by atoms with Gasteiger partial charge in [-0.15, -0.1) is 0 Å². The molecule has 2 saturated carbocycles. The summed E-state index contributed by atoms with van der Waals surface area (Å²) in [5.74, 6) is 2.20. The van der Waals surface area contributed by atoms with Crippen LogP contribution in [-0.4, -0.2) is 36.6 Å². The molecule has 0 spiro atoms. The maximum Gasteiger partial charge on any atom is 0.0195 e. The molecule has 3 atom stereocenters. The van der Waals surface area contributed by atoms with Crippen LogP contribution >= 0.6 is 0 Å². The second kappa shape index (κ2) is 6.58. The predicted molar refractivity (Wildman–Crippen MR) is 81.4 cm³/mol. The molecule has 19 heavy (non-hydrogen) atoms. The Morgan fingerprint density at radius 2 is 1.89 bits per heavy atom. The third-order valence-corrected chi connectivity index (χ3v) is 5.62. The van der Waals surface area contributed by atoms with Crippen molar-refractivity contribution in [3.05, 3.63) is 0 Å². The summed E-state index contributed by atoms with van der Waals surface area (Å²) < 4.78 is 0. The molecule has 0 aromatic rings. The smallest absolute Gasteiger partial charge is 0.0195 e. The first kappa shape index (κ1) is 13.9. The van der Waals surface area contributed by atoms with Crippen molar-refractivity contribution >= 4 is 0 Å². The van der Waals surface area contributed by atoms with Gasteiger partial charge in [-0.05, 0) is 69.9 Å². The van der Waals surface area contributed by atoms with E-state index >= 15 is 0 Å². The van der Waals surface area contributed by atoms with Crippen molar-refractivity contribution in [2.75, 3.05) is 19.6 Å². The summed E-state index contributed by atoms with van der Waals surface area (Å²) in [7, 11) is 0. The molecular formula is C17H32N2. The van der Waals surface area contributed by atoms with Crippen LogP contribution in [0, 0.1) is 11.8 Å². The van der Waals surface area contributed by atoms with Crippen molar-refractivity contribution in [1.82, 2.24) is 10.2 Å². The van der Waals surface area contributed by atoms with Crippen LogP contribution < -0.4 is 5.32 Å². The SMILES string of the molecule is CCCN(CC1CCCN1)C1CCCC(C2CC2)C1. The van der Waals surface area contributed by atoms with E-state index in [9.17, 15) is 0 Å². The Balaban J connectivity index is 1.54. The highest BCUT2D eigenvalue weighted by molar-refractivity contribution is 4.90.